The van der Waals surface area contributed by atoms with Crippen LogP contribution in [0.15, 0.2) is 0 Å². The summed E-state index contributed by atoms with van der Waals surface area (Å²) in [6.07, 6.45) is 5.60. The molecule has 16 heavy (non-hydrogen) atoms. The van der Waals surface area contributed by atoms with Crippen LogP contribution in [0.1, 0.15) is 39.5 Å². The van der Waals surface area contributed by atoms with E-state index in [1.54, 1.807) is 0 Å². The molecule has 0 aromatic heterocycles. The largest absolute Gasteiger partial charge is 0.313 e. The molecule has 3 heteroatoms. The maximum Gasteiger partial charge on any atom is 0.0195 e. The summed E-state index contributed by atoms with van der Waals surface area (Å²) < 4.78 is 0. The highest BCUT2D eigenvalue weighted by Gasteiger charge is 2.27. The first-order chi connectivity index (χ1) is 7.77. The summed E-state index contributed by atoms with van der Waals surface area (Å²) in [4.78, 5) is 2.70. The zero-order chi connectivity index (χ0) is 11.4. The van der Waals surface area contributed by atoms with Gasteiger partial charge < -0.3 is 5.32 Å². The van der Waals surface area contributed by atoms with Gasteiger partial charge >= 0.3 is 0 Å². The van der Waals surface area contributed by atoms with Crippen molar-refractivity contribution in [2.75, 3.05) is 25.4 Å². The summed E-state index contributed by atoms with van der Waals surface area (Å²) in [5, 5.41) is 4.52. The van der Waals surface area contributed by atoms with E-state index in [1.807, 2.05) is 0 Å². The second-order valence-corrected chi connectivity index (χ2v) is 6.80. The highest BCUT2D eigenvalue weighted by atomic mass is 32.2. The Kier molecular flexibility index (Phi) is 4.98. The molecule has 2 fully saturated rings. The third-order valence-corrected chi connectivity index (χ3v) is 5.47. The lowest BCUT2D eigenvalue weighted by atomic mass is 10.1. The quantitative estimate of drug-likeness (QED) is 0.800. The standard InChI is InChI=1S/C13H26N2S/c1-11-12(2)16-9-8-15(11)10-13-6-4-3-5-7-14-13/h11-14H,3-10H2,1-2H3. The molecular formula is C13H26N2S. The SMILES string of the molecule is CC1SCCN(CC2CCCCCN2)C1C. The summed E-state index contributed by atoms with van der Waals surface area (Å²) in [6, 6.07) is 1.50. The Labute approximate surface area is 105 Å². The molecule has 2 saturated heterocycles. The number of nitrogens with one attached hydrogen (secondary N) is 1. The molecule has 3 unspecified atom stereocenters. The van der Waals surface area contributed by atoms with Crippen LogP contribution in [-0.4, -0.2) is 47.6 Å². The molecule has 0 aromatic carbocycles. The first-order valence-electron chi connectivity index (χ1n) is 6.86. The number of hydrogen-bond donors (Lipinski definition) is 1. The van der Waals surface area contributed by atoms with Crippen LogP contribution in [0.2, 0.25) is 0 Å². The van der Waals surface area contributed by atoms with Crippen LogP contribution in [0, 0.1) is 0 Å². The van der Waals surface area contributed by atoms with Crippen LogP contribution in [-0.2, 0) is 0 Å². The lowest BCUT2D eigenvalue weighted by Gasteiger charge is -2.39. The minimum absolute atomic E-state index is 0.750. The summed E-state index contributed by atoms with van der Waals surface area (Å²) in [5.41, 5.74) is 0. The van der Waals surface area contributed by atoms with Crippen LogP contribution in [0.3, 0.4) is 0 Å². The number of thioether (sulfide) groups is 1. The van der Waals surface area contributed by atoms with Crippen molar-refractivity contribution in [3.05, 3.63) is 0 Å². The second-order valence-electron chi connectivity index (χ2n) is 5.31. The maximum atomic E-state index is 3.72. The summed E-state index contributed by atoms with van der Waals surface area (Å²) in [5.74, 6) is 1.32. The van der Waals surface area contributed by atoms with E-state index in [4.69, 9.17) is 0 Å². The smallest absolute Gasteiger partial charge is 0.0195 e. The molecular weight excluding hydrogens is 216 g/mol. The Bertz CT molecular complexity index is 202. The summed E-state index contributed by atoms with van der Waals surface area (Å²) in [6.45, 7) is 8.56. The van der Waals surface area contributed by atoms with Crippen molar-refractivity contribution in [1.29, 1.82) is 0 Å². The van der Waals surface area contributed by atoms with Crippen molar-refractivity contribution in [2.45, 2.75) is 56.9 Å². The van der Waals surface area contributed by atoms with E-state index in [2.05, 4.69) is 35.8 Å². The van der Waals surface area contributed by atoms with Gasteiger partial charge in [0.2, 0.25) is 0 Å². The second kappa shape index (κ2) is 6.27. The van der Waals surface area contributed by atoms with E-state index >= 15 is 0 Å². The van der Waals surface area contributed by atoms with Gasteiger partial charge in [-0.1, -0.05) is 19.8 Å². The van der Waals surface area contributed by atoms with Gasteiger partial charge in [0, 0.05) is 36.2 Å². The molecule has 0 aromatic rings. The molecule has 0 saturated carbocycles. The Morgan fingerprint density at radius 2 is 2.12 bits per heavy atom. The summed E-state index contributed by atoms with van der Waals surface area (Å²) >= 11 is 2.13. The molecule has 0 spiro atoms. The Morgan fingerprint density at radius 1 is 1.25 bits per heavy atom. The monoisotopic (exact) mass is 242 g/mol. The van der Waals surface area contributed by atoms with Gasteiger partial charge in [0.25, 0.3) is 0 Å². The topological polar surface area (TPSA) is 15.3 Å². The Morgan fingerprint density at radius 3 is 3.00 bits per heavy atom. The van der Waals surface area contributed by atoms with Crippen molar-refractivity contribution in [2.24, 2.45) is 0 Å². The van der Waals surface area contributed by atoms with Crippen LogP contribution < -0.4 is 5.32 Å². The van der Waals surface area contributed by atoms with Crippen LogP contribution in [0.5, 0.6) is 0 Å². The first-order valence-corrected chi connectivity index (χ1v) is 7.91. The number of rotatable bonds is 2. The van der Waals surface area contributed by atoms with E-state index in [1.165, 1.54) is 51.1 Å². The fourth-order valence-corrected chi connectivity index (χ4v) is 3.96. The van der Waals surface area contributed by atoms with E-state index < -0.39 is 0 Å². The zero-order valence-corrected chi connectivity index (χ0v) is 11.6. The van der Waals surface area contributed by atoms with Gasteiger partial charge in [-0.3, -0.25) is 4.90 Å². The lowest BCUT2D eigenvalue weighted by Crippen LogP contribution is -2.50. The molecule has 3 atom stereocenters. The van der Waals surface area contributed by atoms with Crippen molar-refractivity contribution < 1.29 is 0 Å². The molecule has 2 nitrogen and oxygen atoms in total. The molecule has 0 bridgehead atoms. The minimum atomic E-state index is 0.750. The molecule has 2 rings (SSSR count). The van der Waals surface area contributed by atoms with Gasteiger partial charge in [0.1, 0.15) is 0 Å². The average Bonchev–Trinajstić information content (AvgIpc) is 2.53. The number of nitrogens with zero attached hydrogens (tertiary/aromatic N) is 1. The van der Waals surface area contributed by atoms with Crippen molar-refractivity contribution in [3.8, 4) is 0 Å². The van der Waals surface area contributed by atoms with Crippen LogP contribution in [0.25, 0.3) is 0 Å². The first kappa shape index (κ1) is 12.7. The predicted octanol–water partition coefficient (Wildman–Crippen LogP) is 2.34. The van der Waals surface area contributed by atoms with Gasteiger partial charge in [0.15, 0.2) is 0 Å². The molecule has 0 aliphatic carbocycles. The third kappa shape index (κ3) is 3.38. The summed E-state index contributed by atoms with van der Waals surface area (Å²) in [7, 11) is 0. The van der Waals surface area contributed by atoms with Gasteiger partial charge in [0.05, 0.1) is 0 Å². The Balaban J connectivity index is 1.82. The van der Waals surface area contributed by atoms with E-state index in [9.17, 15) is 0 Å². The molecule has 0 radical (unpaired) electrons. The highest BCUT2D eigenvalue weighted by molar-refractivity contribution is 8.00. The lowest BCUT2D eigenvalue weighted by molar-refractivity contribution is 0.188. The van der Waals surface area contributed by atoms with E-state index in [0.29, 0.717) is 0 Å². The molecule has 94 valence electrons. The fourth-order valence-electron chi connectivity index (χ4n) is 2.79. The van der Waals surface area contributed by atoms with Crippen LogP contribution >= 0.6 is 11.8 Å². The fraction of sp³-hybridized carbons (Fsp3) is 1.00. The normalized spacial score (nSPS) is 38.2. The van der Waals surface area contributed by atoms with Crippen molar-refractivity contribution in [1.82, 2.24) is 10.2 Å². The molecule has 2 aliphatic heterocycles. The van der Waals surface area contributed by atoms with Gasteiger partial charge in [-0.2, -0.15) is 11.8 Å². The minimum Gasteiger partial charge on any atom is -0.313 e. The molecule has 1 N–H and O–H groups in total. The van der Waals surface area contributed by atoms with E-state index in [-0.39, 0.29) is 0 Å². The van der Waals surface area contributed by atoms with Crippen molar-refractivity contribution >= 4 is 11.8 Å². The van der Waals surface area contributed by atoms with Gasteiger partial charge in [-0.15, -0.1) is 0 Å². The Hall–Kier alpha value is 0.270. The molecule has 0 amide bonds. The third-order valence-electron chi connectivity index (χ3n) is 4.13. The van der Waals surface area contributed by atoms with Crippen molar-refractivity contribution in [3.63, 3.8) is 0 Å². The maximum absolute atomic E-state index is 3.72. The van der Waals surface area contributed by atoms with Crippen LogP contribution in [0.4, 0.5) is 0 Å². The predicted molar refractivity (Wildman–Crippen MR) is 73.2 cm³/mol. The average molecular weight is 242 g/mol. The van der Waals surface area contributed by atoms with Gasteiger partial charge in [-0.25, -0.2) is 0 Å². The molecule has 2 heterocycles. The highest BCUT2D eigenvalue weighted by Crippen LogP contribution is 2.24. The van der Waals surface area contributed by atoms with E-state index in [0.717, 1.165) is 17.3 Å². The zero-order valence-electron chi connectivity index (χ0n) is 10.7. The number of hydrogen-bond acceptors (Lipinski definition) is 3. The van der Waals surface area contributed by atoms with Gasteiger partial charge in [-0.05, 0) is 26.3 Å². The molecule has 2 aliphatic rings.